The molecule has 0 atom stereocenters. The monoisotopic (exact) mass is 290 g/mol. The van der Waals surface area contributed by atoms with Gasteiger partial charge in [0, 0.05) is 51.2 Å². The highest BCUT2D eigenvalue weighted by molar-refractivity contribution is 7.98. The maximum absolute atomic E-state index is 9.39. The van der Waals surface area contributed by atoms with Crippen LogP contribution in [0.2, 0.25) is 0 Å². The molecular weight excluding hydrogens is 268 g/mol. The van der Waals surface area contributed by atoms with Gasteiger partial charge in [-0.25, -0.2) is 0 Å². The first-order valence-electron chi connectivity index (χ1n) is 6.97. The fourth-order valence-electron chi connectivity index (χ4n) is 2.47. The van der Waals surface area contributed by atoms with Crippen LogP contribution in [0.1, 0.15) is 5.56 Å². The molecule has 108 valence electrons. The Bertz CT molecular complexity index is 477. The number of rotatable bonds is 5. The summed E-state index contributed by atoms with van der Waals surface area (Å²) < 4.78 is 0. The number of nitrogens with one attached hydrogen (secondary N) is 1. The summed E-state index contributed by atoms with van der Waals surface area (Å²) in [4.78, 5) is 5.72. The number of hydrogen-bond acceptors (Lipinski definition) is 5. The number of anilines is 1. The number of likely N-dealkylation sites (N-methyl/N-ethyl adjacent to an activating group) is 1. The molecule has 1 fully saturated rings. The van der Waals surface area contributed by atoms with Crippen molar-refractivity contribution in [1.29, 1.82) is 5.26 Å². The topological polar surface area (TPSA) is 42.3 Å². The lowest BCUT2D eigenvalue weighted by Gasteiger charge is -2.30. The molecule has 5 heteroatoms. The van der Waals surface area contributed by atoms with E-state index in [1.807, 2.05) is 24.5 Å². The number of nitriles is 1. The lowest BCUT2D eigenvalue weighted by atomic mass is 10.2. The van der Waals surface area contributed by atoms with Crippen molar-refractivity contribution in [3.8, 4) is 6.07 Å². The average molecular weight is 290 g/mol. The largest absolute Gasteiger partial charge is 0.372 e. The third-order valence-electron chi connectivity index (χ3n) is 3.71. The quantitative estimate of drug-likeness (QED) is 0.835. The first-order valence-corrected chi connectivity index (χ1v) is 8.20. The summed E-state index contributed by atoms with van der Waals surface area (Å²) in [5.74, 6) is 0. The molecule has 2 rings (SSSR count). The van der Waals surface area contributed by atoms with Crippen LogP contribution in [0.15, 0.2) is 23.1 Å². The second-order valence-electron chi connectivity index (χ2n) is 4.98. The first kappa shape index (κ1) is 15.2. The van der Waals surface area contributed by atoms with Gasteiger partial charge in [-0.05, 0) is 18.4 Å². The van der Waals surface area contributed by atoms with Gasteiger partial charge in [-0.15, -0.1) is 11.8 Å². The molecule has 0 unspecified atom stereocenters. The maximum atomic E-state index is 9.39. The summed E-state index contributed by atoms with van der Waals surface area (Å²) in [6, 6.07) is 8.43. The first-order chi connectivity index (χ1) is 9.76. The second-order valence-corrected chi connectivity index (χ2v) is 5.83. The van der Waals surface area contributed by atoms with E-state index in [2.05, 4.69) is 28.2 Å². The second kappa shape index (κ2) is 7.53. The molecule has 0 aliphatic carbocycles. The molecule has 0 amide bonds. The molecule has 0 spiro atoms. The van der Waals surface area contributed by atoms with Crippen molar-refractivity contribution in [2.75, 3.05) is 57.5 Å². The maximum Gasteiger partial charge on any atom is 0.102 e. The van der Waals surface area contributed by atoms with Gasteiger partial charge in [-0.2, -0.15) is 5.26 Å². The highest BCUT2D eigenvalue weighted by Gasteiger charge is 2.13. The molecule has 1 N–H and O–H groups in total. The van der Waals surface area contributed by atoms with E-state index in [4.69, 9.17) is 0 Å². The van der Waals surface area contributed by atoms with E-state index in [0.717, 1.165) is 55.4 Å². The summed E-state index contributed by atoms with van der Waals surface area (Å²) in [5.41, 5.74) is 1.83. The average Bonchev–Trinajstić information content (AvgIpc) is 2.52. The van der Waals surface area contributed by atoms with Gasteiger partial charge in [0.25, 0.3) is 0 Å². The van der Waals surface area contributed by atoms with E-state index in [-0.39, 0.29) is 0 Å². The van der Waals surface area contributed by atoms with Gasteiger partial charge in [0.1, 0.15) is 6.07 Å². The molecule has 1 aromatic rings. The van der Waals surface area contributed by atoms with Crippen LogP contribution in [-0.2, 0) is 0 Å². The van der Waals surface area contributed by atoms with Crippen LogP contribution in [0.4, 0.5) is 5.69 Å². The van der Waals surface area contributed by atoms with Crippen molar-refractivity contribution in [2.45, 2.75) is 4.90 Å². The summed E-state index contributed by atoms with van der Waals surface area (Å²) in [7, 11) is 2.07. The van der Waals surface area contributed by atoms with Crippen LogP contribution in [0, 0.1) is 11.3 Å². The Kier molecular flexibility index (Phi) is 5.72. The van der Waals surface area contributed by atoms with Crippen LogP contribution >= 0.6 is 11.8 Å². The standard InChI is InChI=1S/C15H22N4S/c1-18(10-11-19-8-6-17-7-9-19)14-4-3-5-15(20-2)13(14)12-16/h3-5,17H,6-11H2,1-2H3. The van der Waals surface area contributed by atoms with Gasteiger partial charge in [-0.3, -0.25) is 4.90 Å². The molecule has 1 aliphatic heterocycles. The minimum Gasteiger partial charge on any atom is -0.372 e. The predicted octanol–water partition coefficient (Wildman–Crippen LogP) is 1.62. The Morgan fingerprint density at radius 1 is 1.40 bits per heavy atom. The highest BCUT2D eigenvalue weighted by atomic mass is 32.2. The number of piperazine rings is 1. The minimum absolute atomic E-state index is 0.794. The Morgan fingerprint density at radius 2 is 2.15 bits per heavy atom. The van der Waals surface area contributed by atoms with Crippen molar-refractivity contribution in [1.82, 2.24) is 10.2 Å². The van der Waals surface area contributed by atoms with Gasteiger partial charge in [0.15, 0.2) is 0 Å². The Labute approximate surface area is 125 Å². The van der Waals surface area contributed by atoms with E-state index >= 15 is 0 Å². The van der Waals surface area contributed by atoms with Crippen LogP contribution in [0.25, 0.3) is 0 Å². The van der Waals surface area contributed by atoms with Crippen molar-refractivity contribution in [3.05, 3.63) is 23.8 Å². The Morgan fingerprint density at radius 3 is 2.80 bits per heavy atom. The van der Waals surface area contributed by atoms with Crippen LogP contribution in [-0.4, -0.2) is 57.5 Å². The highest BCUT2D eigenvalue weighted by Crippen LogP contribution is 2.28. The number of thioether (sulfide) groups is 1. The van der Waals surface area contributed by atoms with E-state index in [1.54, 1.807) is 11.8 Å². The summed E-state index contributed by atoms with van der Waals surface area (Å²) in [5, 5.41) is 12.8. The zero-order valence-corrected chi connectivity index (χ0v) is 13.0. The lowest BCUT2D eigenvalue weighted by molar-refractivity contribution is 0.246. The predicted molar refractivity (Wildman–Crippen MR) is 85.5 cm³/mol. The molecule has 4 nitrogen and oxygen atoms in total. The van der Waals surface area contributed by atoms with Crippen LogP contribution in [0.3, 0.4) is 0 Å². The Hall–Kier alpha value is -1.22. The molecular formula is C15H22N4S. The van der Waals surface area contributed by atoms with Gasteiger partial charge in [0.05, 0.1) is 11.3 Å². The van der Waals surface area contributed by atoms with Crippen LogP contribution < -0.4 is 10.2 Å². The molecule has 1 saturated heterocycles. The zero-order valence-electron chi connectivity index (χ0n) is 12.2. The van der Waals surface area contributed by atoms with Crippen molar-refractivity contribution >= 4 is 17.4 Å². The molecule has 1 aromatic carbocycles. The fourth-order valence-corrected chi connectivity index (χ4v) is 3.04. The number of nitrogens with zero attached hydrogens (tertiary/aromatic N) is 3. The fraction of sp³-hybridized carbons (Fsp3) is 0.533. The van der Waals surface area contributed by atoms with Crippen molar-refractivity contribution in [2.24, 2.45) is 0 Å². The lowest BCUT2D eigenvalue weighted by Crippen LogP contribution is -2.46. The van der Waals surface area contributed by atoms with Crippen molar-refractivity contribution < 1.29 is 0 Å². The molecule has 0 bridgehead atoms. The minimum atomic E-state index is 0.794. The summed E-state index contributed by atoms with van der Waals surface area (Å²) in [6.07, 6.45) is 2.01. The normalized spacial score (nSPS) is 15.8. The third kappa shape index (κ3) is 3.66. The van der Waals surface area contributed by atoms with E-state index in [0.29, 0.717) is 0 Å². The SMILES string of the molecule is CSc1cccc(N(C)CCN2CCNCC2)c1C#N. The van der Waals surface area contributed by atoms with Gasteiger partial charge in [0.2, 0.25) is 0 Å². The smallest absolute Gasteiger partial charge is 0.102 e. The zero-order chi connectivity index (χ0) is 14.4. The van der Waals surface area contributed by atoms with Crippen molar-refractivity contribution in [3.63, 3.8) is 0 Å². The summed E-state index contributed by atoms with van der Waals surface area (Å²) >= 11 is 1.63. The van der Waals surface area contributed by atoms with Gasteiger partial charge in [-0.1, -0.05) is 6.07 Å². The van der Waals surface area contributed by atoms with E-state index in [9.17, 15) is 5.26 Å². The van der Waals surface area contributed by atoms with Crippen LogP contribution in [0.5, 0.6) is 0 Å². The number of hydrogen-bond donors (Lipinski definition) is 1. The molecule has 0 radical (unpaired) electrons. The van der Waals surface area contributed by atoms with Gasteiger partial charge < -0.3 is 10.2 Å². The molecule has 1 aliphatic rings. The van der Waals surface area contributed by atoms with E-state index in [1.165, 1.54) is 0 Å². The molecule has 0 saturated carbocycles. The summed E-state index contributed by atoms with van der Waals surface area (Å²) in [6.45, 7) is 6.39. The van der Waals surface area contributed by atoms with Gasteiger partial charge >= 0.3 is 0 Å². The number of benzene rings is 1. The van der Waals surface area contributed by atoms with E-state index < -0.39 is 0 Å². The molecule has 1 heterocycles. The Balaban J connectivity index is 2.01. The third-order valence-corrected chi connectivity index (χ3v) is 4.49. The molecule has 0 aromatic heterocycles. The molecule has 20 heavy (non-hydrogen) atoms.